The van der Waals surface area contributed by atoms with Crippen LogP contribution in [0.1, 0.15) is 19.2 Å². The fourth-order valence-electron chi connectivity index (χ4n) is 1.77. The first-order valence-corrected chi connectivity index (χ1v) is 7.12. The quantitative estimate of drug-likeness (QED) is 0.878. The topological polar surface area (TPSA) is 76.2 Å². The van der Waals surface area contributed by atoms with Crippen LogP contribution < -0.4 is 0 Å². The first kappa shape index (κ1) is 15.0. The lowest BCUT2D eigenvalue weighted by molar-refractivity contribution is -0.137. The van der Waals surface area contributed by atoms with Gasteiger partial charge in [0.2, 0.25) is 11.8 Å². The molecule has 2 aromatic rings. The lowest BCUT2D eigenvalue weighted by Crippen LogP contribution is -2.07. The molecule has 0 fully saturated rings. The van der Waals surface area contributed by atoms with Crippen LogP contribution in [0.3, 0.4) is 0 Å². The molecule has 0 amide bonds. The highest BCUT2D eigenvalue weighted by molar-refractivity contribution is 9.10. The Kier molecular flexibility index (Phi) is 4.77. The molecule has 1 unspecified atom stereocenters. The maximum atomic E-state index is 10.6. The third-order valence-electron chi connectivity index (χ3n) is 2.67. The van der Waals surface area contributed by atoms with E-state index in [1.165, 1.54) is 0 Å². The molecule has 20 heavy (non-hydrogen) atoms. The number of aromatic nitrogens is 2. The summed E-state index contributed by atoms with van der Waals surface area (Å²) in [6.45, 7) is 1.83. The number of nitrogens with zero attached hydrogens (tertiary/aromatic N) is 2. The molecule has 106 valence electrons. The molecule has 0 spiro atoms. The van der Waals surface area contributed by atoms with Gasteiger partial charge in [-0.1, -0.05) is 18.5 Å². The Morgan fingerprint density at radius 1 is 1.50 bits per heavy atom. The Morgan fingerprint density at radius 3 is 2.95 bits per heavy atom. The number of hydrogen-bond donors (Lipinski definition) is 1. The van der Waals surface area contributed by atoms with Crippen molar-refractivity contribution < 1.29 is 14.3 Å². The first-order valence-electron chi connectivity index (χ1n) is 5.95. The standard InChI is InChI=1S/C13H12BrClN2O3/c1-7(5-12(18)19)4-11-16-17-13(20-11)9-6-8(15)2-3-10(9)14/h2-3,6-7H,4-5H2,1H3,(H,18,19). The van der Waals surface area contributed by atoms with Crippen LogP contribution in [0, 0.1) is 5.92 Å². The first-order chi connectivity index (χ1) is 9.45. The average molecular weight is 360 g/mol. The highest BCUT2D eigenvalue weighted by Crippen LogP contribution is 2.30. The number of aliphatic carboxylic acids is 1. The van der Waals surface area contributed by atoms with E-state index in [0.29, 0.717) is 28.8 Å². The van der Waals surface area contributed by atoms with Gasteiger partial charge in [0.05, 0.1) is 5.56 Å². The van der Waals surface area contributed by atoms with Gasteiger partial charge in [-0.25, -0.2) is 0 Å². The number of halogens is 2. The third kappa shape index (κ3) is 3.80. The van der Waals surface area contributed by atoms with Gasteiger partial charge in [-0.2, -0.15) is 0 Å². The van der Waals surface area contributed by atoms with Crippen LogP contribution in [0.2, 0.25) is 5.02 Å². The molecule has 0 bridgehead atoms. The molecule has 1 aromatic heterocycles. The summed E-state index contributed by atoms with van der Waals surface area (Å²) < 4.78 is 6.36. The summed E-state index contributed by atoms with van der Waals surface area (Å²) in [6.07, 6.45) is 0.496. The molecule has 1 N–H and O–H groups in total. The van der Waals surface area contributed by atoms with Gasteiger partial charge in [-0.05, 0) is 40.0 Å². The summed E-state index contributed by atoms with van der Waals surface area (Å²) in [5.41, 5.74) is 0.710. The van der Waals surface area contributed by atoms with E-state index in [4.69, 9.17) is 21.1 Å². The summed E-state index contributed by atoms with van der Waals surface area (Å²) in [5.74, 6) is -0.129. The van der Waals surface area contributed by atoms with Crippen LogP contribution in [-0.2, 0) is 11.2 Å². The normalized spacial score (nSPS) is 12.3. The van der Waals surface area contributed by atoms with Crippen LogP contribution in [0.4, 0.5) is 0 Å². The minimum Gasteiger partial charge on any atom is -0.481 e. The molecule has 1 atom stereocenters. The second-order valence-corrected chi connectivity index (χ2v) is 5.82. The summed E-state index contributed by atoms with van der Waals surface area (Å²) >= 11 is 9.34. The van der Waals surface area contributed by atoms with Crippen LogP contribution in [0.5, 0.6) is 0 Å². The van der Waals surface area contributed by atoms with Crippen LogP contribution >= 0.6 is 27.5 Å². The van der Waals surface area contributed by atoms with Gasteiger partial charge in [-0.3, -0.25) is 4.79 Å². The predicted molar refractivity (Wildman–Crippen MR) is 77.6 cm³/mol. The van der Waals surface area contributed by atoms with E-state index < -0.39 is 5.97 Å². The fraction of sp³-hybridized carbons (Fsp3) is 0.308. The molecule has 1 aromatic carbocycles. The number of carbonyl (C=O) groups is 1. The molecule has 0 aliphatic carbocycles. The third-order valence-corrected chi connectivity index (χ3v) is 3.60. The Labute approximate surface area is 129 Å². The minimum absolute atomic E-state index is 0.0661. The monoisotopic (exact) mass is 358 g/mol. The van der Waals surface area contributed by atoms with Gasteiger partial charge in [0, 0.05) is 22.3 Å². The van der Waals surface area contributed by atoms with Gasteiger partial charge in [0.15, 0.2) is 0 Å². The lowest BCUT2D eigenvalue weighted by Gasteiger charge is -2.04. The largest absolute Gasteiger partial charge is 0.481 e. The zero-order chi connectivity index (χ0) is 14.7. The van der Waals surface area contributed by atoms with E-state index in [1.54, 1.807) is 18.2 Å². The number of hydrogen-bond acceptors (Lipinski definition) is 4. The Morgan fingerprint density at radius 2 is 2.25 bits per heavy atom. The number of rotatable bonds is 5. The van der Waals surface area contributed by atoms with Crippen LogP contribution in [0.25, 0.3) is 11.5 Å². The molecule has 0 saturated heterocycles. The van der Waals surface area contributed by atoms with Gasteiger partial charge in [0.1, 0.15) is 0 Å². The zero-order valence-electron chi connectivity index (χ0n) is 10.6. The second kappa shape index (κ2) is 6.37. The maximum Gasteiger partial charge on any atom is 0.303 e. The van der Waals surface area contributed by atoms with Crippen LogP contribution in [-0.4, -0.2) is 21.3 Å². The van der Waals surface area contributed by atoms with Crippen molar-refractivity contribution in [3.63, 3.8) is 0 Å². The molecule has 2 rings (SSSR count). The van der Waals surface area contributed by atoms with Crippen molar-refractivity contribution in [3.05, 3.63) is 33.6 Å². The molecule has 0 aliphatic rings. The van der Waals surface area contributed by atoms with E-state index in [2.05, 4.69) is 26.1 Å². The number of carboxylic acids is 1. The Balaban J connectivity index is 2.16. The van der Waals surface area contributed by atoms with Crippen molar-refractivity contribution in [1.82, 2.24) is 10.2 Å². The molecule has 0 saturated carbocycles. The molecular weight excluding hydrogens is 348 g/mol. The van der Waals surface area contributed by atoms with Crippen molar-refractivity contribution in [2.24, 2.45) is 5.92 Å². The SMILES string of the molecule is CC(CC(=O)O)Cc1nnc(-c2cc(Cl)ccc2Br)o1. The fourth-order valence-corrected chi connectivity index (χ4v) is 2.36. The van der Waals surface area contributed by atoms with Crippen LogP contribution in [0.15, 0.2) is 27.1 Å². The molecule has 1 heterocycles. The van der Waals surface area contributed by atoms with Gasteiger partial charge in [0.25, 0.3) is 0 Å². The highest BCUT2D eigenvalue weighted by Gasteiger charge is 2.16. The molecule has 0 radical (unpaired) electrons. The van der Waals surface area contributed by atoms with Crippen molar-refractivity contribution in [1.29, 1.82) is 0 Å². The van der Waals surface area contributed by atoms with E-state index in [0.717, 1.165) is 4.47 Å². The van der Waals surface area contributed by atoms with E-state index in [1.807, 2.05) is 6.92 Å². The number of carboxylic acid groups (broad SMARTS) is 1. The molecular formula is C13H12BrClN2O3. The average Bonchev–Trinajstić information content (AvgIpc) is 2.79. The Hall–Kier alpha value is -1.40. The van der Waals surface area contributed by atoms with E-state index in [-0.39, 0.29) is 12.3 Å². The molecule has 0 aliphatic heterocycles. The molecule has 7 heteroatoms. The van der Waals surface area contributed by atoms with Crippen molar-refractivity contribution >= 4 is 33.5 Å². The smallest absolute Gasteiger partial charge is 0.303 e. The zero-order valence-corrected chi connectivity index (χ0v) is 13.0. The lowest BCUT2D eigenvalue weighted by atomic mass is 10.0. The highest BCUT2D eigenvalue weighted by atomic mass is 79.9. The van der Waals surface area contributed by atoms with E-state index >= 15 is 0 Å². The summed E-state index contributed by atoms with van der Waals surface area (Å²) in [5, 5.41) is 17.2. The van der Waals surface area contributed by atoms with Crippen molar-refractivity contribution in [2.45, 2.75) is 19.8 Å². The summed E-state index contributed by atoms with van der Waals surface area (Å²) in [4.78, 5) is 10.6. The summed E-state index contributed by atoms with van der Waals surface area (Å²) in [6, 6.07) is 5.28. The van der Waals surface area contributed by atoms with Crippen molar-refractivity contribution in [3.8, 4) is 11.5 Å². The summed E-state index contributed by atoms with van der Waals surface area (Å²) in [7, 11) is 0. The van der Waals surface area contributed by atoms with Gasteiger partial charge < -0.3 is 9.52 Å². The second-order valence-electron chi connectivity index (χ2n) is 4.53. The van der Waals surface area contributed by atoms with Crippen molar-refractivity contribution in [2.75, 3.05) is 0 Å². The number of benzene rings is 1. The maximum absolute atomic E-state index is 10.6. The van der Waals surface area contributed by atoms with Gasteiger partial charge >= 0.3 is 5.97 Å². The minimum atomic E-state index is -0.838. The van der Waals surface area contributed by atoms with Gasteiger partial charge in [-0.15, -0.1) is 10.2 Å². The Bertz CT molecular complexity index is 630. The predicted octanol–water partition coefficient (Wildman–Crippen LogP) is 3.81. The molecule has 5 nitrogen and oxygen atoms in total. The van der Waals surface area contributed by atoms with E-state index in [9.17, 15) is 4.79 Å².